The Morgan fingerprint density at radius 2 is 1.77 bits per heavy atom. The molecule has 5 rings (SSSR count). The Kier molecular flexibility index (Phi) is 5.64. The Labute approximate surface area is 201 Å². The summed E-state index contributed by atoms with van der Waals surface area (Å²) in [6.45, 7) is 1.38. The molecule has 35 heavy (non-hydrogen) atoms. The first-order chi connectivity index (χ1) is 16.8. The number of carbonyl (C=O) groups excluding carboxylic acids is 2. The zero-order valence-corrected chi connectivity index (χ0v) is 19.4. The summed E-state index contributed by atoms with van der Waals surface area (Å²) in [6.07, 6.45) is 0.231. The largest absolute Gasteiger partial charge is 0.511 e. The Bertz CT molecular complexity index is 1320. The molecule has 0 saturated carbocycles. The van der Waals surface area contributed by atoms with Crippen molar-refractivity contribution in [3.05, 3.63) is 90.1 Å². The number of nitrogens with zero attached hydrogens (tertiary/aromatic N) is 3. The van der Waals surface area contributed by atoms with Crippen molar-refractivity contribution in [3.63, 3.8) is 0 Å². The fourth-order valence-electron chi connectivity index (χ4n) is 4.29. The number of hydrogen-bond acceptors (Lipinski definition) is 9. The van der Waals surface area contributed by atoms with E-state index in [9.17, 15) is 18.0 Å². The van der Waals surface area contributed by atoms with E-state index in [0.717, 1.165) is 11.3 Å². The van der Waals surface area contributed by atoms with Gasteiger partial charge in [-0.15, -0.1) is 0 Å². The Hall–Kier alpha value is -3.99. The lowest BCUT2D eigenvalue weighted by Gasteiger charge is -2.36. The number of sulfone groups is 1. The van der Waals surface area contributed by atoms with Crippen LogP contribution in [0.25, 0.3) is 6.08 Å². The average molecular weight is 496 g/mol. The van der Waals surface area contributed by atoms with Crippen molar-refractivity contribution in [1.82, 2.24) is 15.0 Å². The Balaban J connectivity index is 1.44. The molecule has 1 aromatic heterocycles. The lowest BCUT2D eigenvalue weighted by Crippen LogP contribution is -2.55. The van der Waals surface area contributed by atoms with Gasteiger partial charge in [0, 0.05) is 0 Å². The zero-order chi connectivity index (χ0) is 24.6. The van der Waals surface area contributed by atoms with E-state index in [4.69, 9.17) is 9.47 Å². The standard InChI is InChI=1S/C24H21N3O7S/c1-24(13-12-18-25-15-32-26-18)22(27-19(28)14-20(27)35(24,30)31)34-23(29)33-21(16-8-4-2-5-9-16)17-10-6-3-7-11-17/h2-13,15,20-22H,14H2,1H3/b13-12+/t20-,22+,24+/m1/s1. The van der Waals surface area contributed by atoms with E-state index < -0.39 is 44.4 Å². The van der Waals surface area contributed by atoms with Crippen molar-refractivity contribution in [2.45, 2.75) is 35.8 Å². The van der Waals surface area contributed by atoms with E-state index >= 15 is 0 Å². The van der Waals surface area contributed by atoms with Crippen LogP contribution in [0.2, 0.25) is 0 Å². The lowest BCUT2D eigenvalue weighted by molar-refractivity contribution is -0.157. The summed E-state index contributed by atoms with van der Waals surface area (Å²) in [7, 11) is -3.94. The number of rotatable bonds is 6. The van der Waals surface area contributed by atoms with Gasteiger partial charge < -0.3 is 14.0 Å². The summed E-state index contributed by atoms with van der Waals surface area (Å²) in [4.78, 5) is 30.3. The summed E-state index contributed by atoms with van der Waals surface area (Å²) >= 11 is 0. The second-order valence-corrected chi connectivity index (χ2v) is 10.9. The van der Waals surface area contributed by atoms with Crippen LogP contribution in [0.3, 0.4) is 0 Å². The smallest absolute Gasteiger partial charge is 0.421 e. The van der Waals surface area contributed by atoms with Gasteiger partial charge in [-0.25, -0.2) is 13.2 Å². The third-order valence-electron chi connectivity index (χ3n) is 6.23. The third-order valence-corrected chi connectivity index (χ3v) is 8.90. The van der Waals surface area contributed by atoms with E-state index in [0.29, 0.717) is 11.1 Å². The quantitative estimate of drug-likeness (QED) is 0.374. The van der Waals surface area contributed by atoms with Gasteiger partial charge in [-0.05, 0) is 24.1 Å². The van der Waals surface area contributed by atoms with Crippen molar-refractivity contribution in [2.75, 3.05) is 0 Å². The minimum atomic E-state index is -3.94. The molecule has 0 aliphatic carbocycles. The highest BCUT2D eigenvalue weighted by Crippen LogP contribution is 2.47. The fraction of sp³-hybridized carbons (Fsp3) is 0.250. The first-order valence-corrected chi connectivity index (χ1v) is 12.3. The summed E-state index contributed by atoms with van der Waals surface area (Å²) in [5.74, 6) is -0.299. The SMILES string of the molecule is C[C@]1(/C=C/c2ncon2)[C@H](OC(=O)OC(c2ccccc2)c2ccccc2)N2C(=O)C[C@H]2S1(=O)=O. The fourth-order valence-corrected chi connectivity index (χ4v) is 6.47. The van der Waals surface area contributed by atoms with Crippen LogP contribution >= 0.6 is 0 Å². The van der Waals surface area contributed by atoms with E-state index in [-0.39, 0.29) is 12.2 Å². The first-order valence-electron chi connectivity index (χ1n) is 10.8. The van der Waals surface area contributed by atoms with Gasteiger partial charge in [-0.1, -0.05) is 71.9 Å². The topological polar surface area (TPSA) is 129 Å². The van der Waals surface area contributed by atoms with Crippen LogP contribution < -0.4 is 0 Å². The molecular weight excluding hydrogens is 474 g/mol. The minimum Gasteiger partial charge on any atom is -0.421 e. The first kappa shape index (κ1) is 22.8. The number of fused-ring (bicyclic) bond motifs is 1. The van der Waals surface area contributed by atoms with E-state index in [1.54, 1.807) is 24.3 Å². The van der Waals surface area contributed by atoms with Gasteiger partial charge in [0.05, 0.1) is 6.42 Å². The molecule has 2 aromatic carbocycles. The van der Waals surface area contributed by atoms with Crippen LogP contribution in [-0.2, 0) is 24.1 Å². The van der Waals surface area contributed by atoms with Crippen LogP contribution in [0.1, 0.15) is 36.4 Å². The van der Waals surface area contributed by atoms with Crippen LogP contribution in [0.5, 0.6) is 0 Å². The Morgan fingerprint density at radius 3 is 2.31 bits per heavy atom. The summed E-state index contributed by atoms with van der Waals surface area (Å²) in [6, 6.07) is 18.1. The van der Waals surface area contributed by atoms with Gasteiger partial charge in [0.15, 0.2) is 21.8 Å². The highest BCUT2D eigenvalue weighted by atomic mass is 32.2. The molecule has 10 nitrogen and oxygen atoms in total. The monoisotopic (exact) mass is 495 g/mol. The molecule has 2 saturated heterocycles. The van der Waals surface area contributed by atoms with Crippen LogP contribution in [-0.4, -0.2) is 51.9 Å². The number of ether oxygens (including phenoxy) is 2. The van der Waals surface area contributed by atoms with Gasteiger partial charge in [-0.2, -0.15) is 4.98 Å². The van der Waals surface area contributed by atoms with Crippen molar-refractivity contribution in [3.8, 4) is 0 Å². The van der Waals surface area contributed by atoms with E-state index in [2.05, 4.69) is 14.7 Å². The number of amides is 1. The van der Waals surface area contributed by atoms with Gasteiger partial charge in [0.25, 0.3) is 0 Å². The summed E-state index contributed by atoms with van der Waals surface area (Å²) in [5, 5.41) is 2.55. The molecule has 11 heteroatoms. The van der Waals surface area contributed by atoms with Crippen molar-refractivity contribution >= 4 is 28.0 Å². The summed E-state index contributed by atoms with van der Waals surface area (Å²) < 4.78 is 40.8. The maximum atomic E-state index is 13.3. The molecule has 180 valence electrons. The normalized spacial score (nSPS) is 24.9. The van der Waals surface area contributed by atoms with Gasteiger partial charge in [-0.3, -0.25) is 9.69 Å². The predicted octanol–water partition coefficient (Wildman–Crippen LogP) is 3.10. The number of benzene rings is 2. The predicted molar refractivity (Wildman–Crippen MR) is 122 cm³/mol. The minimum absolute atomic E-state index is 0.136. The van der Waals surface area contributed by atoms with E-state index in [1.807, 2.05) is 36.4 Å². The molecule has 3 atom stereocenters. The van der Waals surface area contributed by atoms with Crippen molar-refractivity contribution < 1.29 is 32.0 Å². The second-order valence-electron chi connectivity index (χ2n) is 8.35. The number of hydrogen-bond donors (Lipinski definition) is 0. The molecule has 0 unspecified atom stereocenters. The molecule has 3 aromatic rings. The maximum absolute atomic E-state index is 13.3. The van der Waals surface area contributed by atoms with Gasteiger partial charge in [0.1, 0.15) is 10.1 Å². The van der Waals surface area contributed by atoms with Crippen LogP contribution in [0.15, 0.2) is 77.7 Å². The van der Waals surface area contributed by atoms with Crippen molar-refractivity contribution in [1.29, 1.82) is 0 Å². The number of carbonyl (C=O) groups is 2. The zero-order valence-electron chi connectivity index (χ0n) is 18.6. The average Bonchev–Trinajstić information content (AvgIpc) is 3.42. The van der Waals surface area contributed by atoms with Gasteiger partial charge in [0.2, 0.25) is 18.5 Å². The van der Waals surface area contributed by atoms with Crippen LogP contribution in [0, 0.1) is 0 Å². The molecule has 2 fully saturated rings. The maximum Gasteiger partial charge on any atom is 0.511 e. The molecular formula is C24H21N3O7S. The van der Waals surface area contributed by atoms with Crippen molar-refractivity contribution in [2.24, 2.45) is 0 Å². The molecule has 2 aliphatic heterocycles. The van der Waals surface area contributed by atoms with E-state index in [1.165, 1.54) is 19.1 Å². The third kappa shape index (κ3) is 3.87. The second kappa shape index (κ2) is 8.66. The molecule has 1 amide bonds. The van der Waals surface area contributed by atoms with Gasteiger partial charge >= 0.3 is 6.16 Å². The number of β-lactam (4-membered cyclic amide) rings is 1. The lowest BCUT2D eigenvalue weighted by atomic mass is 10.0. The molecule has 0 spiro atoms. The molecule has 0 bridgehead atoms. The van der Waals surface area contributed by atoms with Crippen LogP contribution in [0.4, 0.5) is 4.79 Å². The molecule has 0 N–H and O–H groups in total. The number of aromatic nitrogens is 2. The Morgan fingerprint density at radius 1 is 1.14 bits per heavy atom. The molecule has 3 heterocycles. The molecule has 2 aliphatic rings. The highest BCUT2D eigenvalue weighted by molar-refractivity contribution is 7.94. The molecule has 0 radical (unpaired) electrons. The summed E-state index contributed by atoms with van der Waals surface area (Å²) in [5.41, 5.74) is 1.40. The highest BCUT2D eigenvalue weighted by Gasteiger charge is 2.68.